The molecule has 214 valence electrons. The molecule has 2 heteroatoms. The lowest BCUT2D eigenvalue weighted by atomic mass is 10.0. The summed E-state index contributed by atoms with van der Waals surface area (Å²) in [4.78, 5) is 5.35. The van der Waals surface area contributed by atoms with Gasteiger partial charge in [0.2, 0.25) is 0 Å². The Bertz CT molecular complexity index is 460. The van der Waals surface area contributed by atoms with E-state index in [2.05, 4.69) is 43.0 Å². The Kier molecular flexibility index (Phi) is 24.1. The van der Waals surface area contributed by atoms with Crippen molar-refractivity contribution in [2.45, 2.75) is 194 Å². The van der Waals surface area contributed by atoms with Gasteiger partial charge in [-0.05, 0) is 25.7 Å². The van der Waals surface area contributed by atoms with Crippen LogP contribution in [0.15, 0.2) is 12.4 Å². The Hall–Kier alpha value is -0.660. The quantitative estimate of drug-likeness (QED) is 0.0977. The molecule has 0 saturated carbocycles. The fraction of sp³-hybridized carbons (Fsp3) is 0.941. The largest absolute Gasteiger partial charge is 0.356 e. The molecule has 0 aromatic carbocycles. The molecular weight excluding hydrogens is 436 g/mol. The molecule has 1 aliphatic heterocycles. The fourth-order valence-corrected chi connectivity index (χ4v) is 5.83. The van der Waals surface area contributed by atoms with Gasteiger partial charge in [-0.2, -0.15) is 0 Å². The number of hydrogen-bond donors (Lipinski definition) is 0. The smallest absolute Gasteiger partial charge is 0.101 e. The lowest BCUT2D eigenvalue weighted by Crippen LogP contribution is -2.39. The third-order valence-electron chi connectivity index (χ3n) is 8.32. The molecule has 1 unspecified atom stereocenters. The van der Waals surface area contributed by atoms with E-state index in [1.165, 1.54) is 180 Å². The maximum absolute atomic E-state index is 2.68. The van der Waals surface area contributed by atoms with E-state index in [0.29, 0.717) is 6.17 Å². The molecule has 0 amide bonds. The normalized spacial score (nSPS) is 15.5. The molecule has 0 bridgehead atoms. The summed E-state index contributed by atoms with van der Waals surface area (Å²) in [7, 11) is 0. The van der Waals surface area contributed by atoms with Crippen molar-refractivity contribution in [3.8, 4) is 0 Å². The van der Waals surface area contributed by atoms with E-state index in [1.54, 1.807) is 0 Å². The molecule has 0 aromatic rings. The van der Waals surface area contributed by atoms with Crippen molar-refractivity contribution in [3.63, 3.8) is 0 Å². The van der Waals surface area contributed by atoms with Crippen LogP contribution in [-0.2, 0) is 0 Å². The molecule has 1 heterocycles. The minimum Gasteiger partial charge on any atom is -0.356 e. The Morgan fingerprint density at radius 3 is 1.00 bits per heavy atom. The van der Waals surface area contributed by atoms with Crippen LogP contribution in [0.1, 0.15) is 188 Å². The number of rotatable bonds is 28. The van der Waals surface area contributed by atoms with Crippen LogP contribution < -0.4 is 0 Å². The molecule has 0 radical (unpaired) electrons. The third kappa shape index (κ3) is 18.6. The summed E-state index contributed by atoms with van der Waals surface area (Å²) in [6.45, 7) is 9.45. The van der Waals surface area contributed by atoms with E-state index in [0.717, 1.165) is 0 Å². The predicted octanol–water partition coefficient (Wildman–Crippen LogP) is 11.6. The molecule has 0 aromatic heterocycles. The van der Waals surface area contributed by atoms with Crippen LogP contribution in [0.25, 0.3) is 0 Å². The van der Waals surface area contributed by atoms with Crippen molar-refractivity contribution in [2.24, 2.45) is 0 Å². The van der Waals surface area contributed by atoms with Gasteiger partial charge >= 0.3 is 0 Å². The summed E-state index contributed by atoms with van der Waals surface area (Å²) in [6, 6.07) is 0. The van der Waals surface area contributed by atoms with Crippen LogP contribution in [-0.4, -0.2) is 29.1 Å². The summed E-state index contributed by atoms with van der Waals surface area (Å²) < 4.78 is 0. The zero-order valence-corrected chi connectivity index (χ0v) is 25.4. The van der Waals surface area contributed by atoms with E-state index >= 15 is 0 Å². The average Bonchev–Trinajstić information content (AvgIpc) is 3.27. The molecule has 2 nitrogen and oxygen atoms in total. The van der Waals surface area contributed by atoms with Crippen molar-refractivity contribution < 1.29 is 0 Å². The molecule has 36 heavy (non-hydrogen) atoms. The zero-order chi connectivity index (χ0) is 25.9. The fourth-order valence-electron chi connectivity index (χ4n) is 5.83. The van der Waals surface area contributed by atoms with Gasteiger partial charge in [-0.3, -0.25) is 0 Å². The second-order valence-electron chi connectivity index (χ2n) is 11.8. The molecule has 0 fully saturated rings. The first-order valence-corrected chi connectivity index (χ1v) is 17.0. The summed E-state index contributed by atoms with van der Waals surface area (Å²) >= 11 is 0. The Balaban J connectivity index is 2.07. The summed E-state index contributed by atoms with van der Waals surface area (Å²) in [5.74, 6) is 0. The number of unbranched alkanes of at least 4 members (excludes halogenated alkanes) is 22. The average molecular weight is 505 g/mol. The van der Waals surface area contributed by atoms with E-state index in [4.69, 9.17) is 0 Å². The van der Waals surface area contributed by atoms with E-state index in [1.807, 2.05) is 0 Å². The first-order chi connectivity index (χ1) is 17.8. The van der Waals surface area contributed by atoms with Gasteiger partial charge in [-0.25, -0.2) is 0 Å². The van der Waals surface area contributed by atoms with Crippen molar-refractivity contribution in [2.75, 3.05) is 13.1 Å². The first-order valence-electron chi connectivity index (χ1n) is 17.0. The van der Waals surface area contributed by atoms with Crippen molar-refractivity contribution in [3.05, 3.63) is 12.4 Å². The highest BCUT2D eigenvalue weighted by Crippen LogP contribution is 2.24. The lowest BCUT2D eigenvalue weighted by molar-refractivity contribution is 0.135. The van der Waals surface area contributed by atoms with Gasteiger partial charge in [0.25, 0.3) is 0 Å². The topological polar surface area (TPSA) is 6.48 Å². The molecule has 0 N–H and O–H groups in total. The SMILES string of the molecule is CCCCCCCCCCCCCCCCCCC1N(CCCCCC)C=CN1CCCCCCC. The Morgan fingerprint density at radius 2 is 0.639 bits per heavy atom. The van der Waals surface area contributed by atoms with Gasteiger partial charge in [-0.15, -0.1) is 0 Å². The molecule has 1 atom stereocenters. The Labute approximate surface area is 229 Å². The molecule has 1 rings (SSSR count). The number of hydrogen-bond acceptors (Lipinski definition) is 2. The summed E-state index contributed by atoms with van der Waals surface area (Å²) in [5, 5.41) is 0. The minimum absolute atomic E-state index is 0.643. The highest BCUT2D eigenvalue weighted by Gasteiger charge is 2.24. The van der Waals surface area contributed by atoms with Crippen molar-refractivity contribution in [1.29, 1.82) is 0 Å². The minimum atomic E-state index is 0.643. The molecule has 0 spiro atoms. The van der Waals surface area contributed by atoms with Gasteiger partial charge in [0.1, 0.15) is 6.17 Å². The van der Waals surface area contributed by atoms with Gasteiger partial charge < -0.3 is 9.80 Å². The van der Waals surface area contributed by atoms with E-state index < -0.39 is 0 Å². The predicted molar refractivity (Wildman–Crippen MR) is 163 cm³/mol. The molecule has 0 aliphatic carbocycles. The van der Waals surface area contributed by atoms with Crippen LogP contribution in [0.2, 0.25) is 0 Å². The number of nitrogens with zero attached hydrogens (tertiary/aromatic N) is 2. The lowest BCUT2D eigenvalue weighted by Gasteiger charge is -2.33. The molecule has 1 aliphatic rings. The second kappa shape index (κ2) is 26.0. The standard InChI is InChI=1S/C34H68N2/c1-4-7-10-13-14-15-16-17-18-19-20-21-22-23-24-26-29-34-35(30-27-12-9-6-3)32-33-36(34)31-28-25-11-8-5-2/h32-34H,4-31H2,1-3H3. The first kappa shape index (κ1) is 33.4. The van der Waals surface area contributed by atoms with Gasteiger partial charge in [0, 0.05) is 25.5 Å². The van der Waals surface area contributed by atoms with Crippen molar-refractivity contribution >= 4 is 0 Å². The van der Waals surface area contributed by atoms with Crippen LogP contribution in [0.5, 0.6) is 0 Å². The van der Waals surface area contributed by atoms with Crippen LogP contribution in [0, 0.1) is 0 Å². The summed E-state index contributed by atoms with van der Waals surface area (Å²) in [6.07, 6.45) is 42.5. The Morgan fingerprint density at radius 1 is 0.361 bits per heavy atom. The van der Waals surface area contributed by atoms with Crippen LogP contribution >= 0.6 is 0 Å². The van der Waals surface area contributed by atoms with E-state index in [-0.39, 0.29) is 0 Å². The highest BCUT2D eigenvalue weighted by molar-refractivity contribution is 4.97. The maximum Gasteiger partial charge on any atom is 0.101 e. The van der Waals surface area contributed by atoms with Crippen molar-refractivity contribution in [1.82, 2.24) is 9.80 Å². The van der Waals surface area contributed by atoms with E-state index in [9.17, 15) is 0 Å². The van der Waals surface area contributed by atoms with Gasteiger partial charge in [0.05, 0.1) is 0 Å². The monoisotopic (exact) mass is 505 g/mol. The third-order valence-corrected chi connectivity index (χ3v) is 8.32. The zero-order valence-electron chi connectivity index (χ0n) is 25.4. The molecule has 0 saturated heterocycles. The van der Waals surface area contributed by atoms with Crippen LogP contribution in [0.3, 0.4) is 0 Å². The maximum atomic E-state index is 2.68. The van der Waals surface area contributed by atoms with Gasteiger partial charge in [0.15, 0.2) is 0 Å². The summed E-state index contributed by atoms with van der Waals surface area (Å²) in [5.41, 5.74) is 0. The highest BCUT2D eigenvalue weighted by atomic mass is 15.4. The van der Waals surface area contributed by atoms with Crippen LogP contribution in [0.4, 0.5) is 0 Å². The molecular formula is C34H68N2. The van der Waals surface area contributed by atoms with Gasteiger partial charge in [-0.1, -0.05) is 162 Å². The second-order valence-corrected chi connectivity index (χ2v) is 11.8.